The van der Waals surface area contributed by atoms with Crippen LogP contribution in [-0.2, 0) is 17.9 Å². The van der Waals surface area contributed by atoms with Gasteiger partial charge in [0.15, 0.2) is 6.61 Å². The van der Waals surface area contributed by atoms with Gasteiger partial charge in [-0.2, -0.15) is 0 Å². The molecule has 4 aromatic rings. The predicted octanol–water partition coefficient (Wildman–Crippen LogP) is 4.46. The monoisotopic (exact) mass is 474 g/mol. The molecule has 1 fully saturated rings. The standard InChI is InChI=1S/C27H27ClN4O2/c28-22-10-12-23(13-11-22)34-20-27(33)31-16-14-30(15-17-31)19-26-29-24-8-4-5-9-25(24)32(26)18-21-6-2-1-3-7-21/h1-13H,14-20H2. The Bertz CT molecular complexity index is 1250. The summed E-state index contributed by atoms with van der Waals surface area (Å²) >= 11 is 5.90. The Kier molecular flexibility index (Phi) is 6.79. The number of fused-ring (bicyclic) bond motifs is 1. The van der Waals surface area contributed by atoms with E-state index in [1.165, 1.54) is 5.56 Å². The maximum atomic E-state index is 12.6. The summed E-state index contributed by atoms with van der Waals surface area (Å²) in [5.41, 5.74) is 3.42. The molecule has 0 saturated carbocycles. The summed E-state index contributed by atoms with van der Waals surface area (Å²) < 4.78 is 7.94. The Hall–Kier alpha value is -3.35. The maximum absolute atomic E-state index is 12.6. The normalized spacial score (nSPS) is 14.4. The zero-order valence-corrected chi connectivity index (χ0v) is 19.7. The van der Waals surface area contributed by atoms with Crippen molar-refractivity contribution in [1.29, 1.82) is 0 Å². The van der Waals surface area contributed by atoms with Crippen LogP contribution in [-0.4, -0.2) is 58.0 Å². The first-order valence-electron chi connectivity index (χ1n) is 11.5. The van der Waals surface area contributed by atoms with Crippen LogP contribution >= 0.6 is 11.6 Å². The summed E-state index contributed by atoms with van der Waals surface area (Å²) in [5, 5.41) is 0.645. The quantitative estimate of drug-likeness (QED) is 0.397. The molecule has 34 heavy (non-hydrogen) atoms. The molecule has 1 aromatic heterocycles. The molecule has 0 radical (unpaired) electrons. The number of benzene rings is 3. The summed E-state index contributed by atoms with van der Waals surface area (Å²) in [4.78, 5) is 21.8. The van der Waals surface area contributed by atoms with Crippen LogP contribution in [0, 0.1) is 0 Å². The highest BCUT2D eigenvalue weighted by atomic mass is 35.5. The number of imidazole rings is 1. The maximum Gasteiger partial charge on any atom is 0.260 e. The molecule has 0 atom stereocenters. The summed E-state index contributed by atoms with van der Waals surface area (Å²) in [6.45, 7) is 4.56. The van der Waals surface area contributed by atoms with Crippen LogP contribution in [0.3, 0.4) is 0 Å². The molecule has 5 rings (SSSR count). The van der Waals surface area contributed by atoms with Crippen LogP contribution in [0.4, 0.5) is 0 Å². The van der Waals surface area contributed by atoms with Crippen LogP contribution < -0.4 is 4.74 Å². The van der Waals surface area contributed by atoms with Gasteiger partial charge in [-0.15, -0.1) is 0 Å². The lowest BCUT2D eigenvalue weighted by Crippen LogP contribution is -2.49. The fourth-order valence-electron chi connectivity index (χ4n) is 4.31. The number of nitrogens with zero attached hydrogens (tertiary/aromatic N) is 4. The van der Waals surface area contributed by atoms with Gasteiger partial charge in [0, 0.05) is 37.7 Å². The molecule has 0 bridgehead atoms. The van der Waals surface area contributed by atoms with Gasteiger partial charge in [-0.3, -0.25) is 9.69 Å². The van der Waals surface area contributed by atoms with Crippen LogP contribution in [0.1, 0.15) is 11.4 Å². The molecule has 3 aromatic carbocycles. The molecule has 7 heteroatoms. The number of rotatable bonds is 7. The van der Waals surface area contributed by atoms with E-state index in [0.717, 1.165) is 43.0 Å². The lowest BCUT2D eigenvalue weighted by molar-refractivity contribution is -0.135. The van der Waals surface area contributed by atoms with E-state index < -0.39 is 0 Å². The number of hydrogen-bond donors (Lipinski definition) is 0. The minimum absolute atomic E-state index is 0.00548. The number of amides is 1. The zero-order chi connectivity index (χ0) is 23.3. The van der Waals surface area contributed by atoms with Gasteiger partial charge in [-0.25, -0.2) is 4.98 Å². The largest absolute Gasteiger partial charge is 0.484 e. The van der Waals surface area contributed by atoms with Gasteiger partial charge in [0.25, 0.3) is 5.91 Å². The third kappa shape index (κ3) is 5.24. The van der Waals surface area contributed by atoms with Gasteiger partial charge in [-0.1, -0.05) is 54.1 Å². The van der Waals surface area contributed by atoms with Crippen LogP contribution in [0.5, 0.6) is 5.75 Å². The van der Waals surface area contributed by atoms with Gasteiger partial charge < -0.3 is 14.2 Å². The second-order valence-corrected chi connectivity index (χ2v) is 8.92. The smallest absolute Gasteiger partial charge is 0.260 e. The number of aromatic nitrogens is 2. The fraction of sp³-hybridized carbons (Fsp3) is 0.259. The minimum atomic E-state index is 0.00548. The van der Waals surface area contributed by atoms with E-state index in [1.807, 2.05) is 17.0 Å². The highest BCUT2D eigenvalue weighted by molar-refractivity contribution is 6.30. The van der Waals surface area contributed by atoms with Gasteiger partial charge in [-0.05, 0) is 42.0 Å². The van der Waals surface area contributed by atoms with E-state index in [-0.39, 0.29) is 12.5 Å². The molecule has 1 aliphatic heterocycles. The molecule has 0 N–H and O–H groups in total. The molecule has 0 unspecified atom stereocenters. The molecule has 1 amide bonds. The van der Waals surface area contributed by atoms with Crippen molar-refractivity contribution in [1.82, 2.24) is 19.4 Å². The second kappa shape index (κ2) is 10.3. The average molecular weight is 475 g/mol. The Morgan fingerprint density at radius 3 is 2.32 bits per heavy atom. The number of para-hydroxylation sites is 2. The number of hydrogen-bond acceptors (Lipinski definition) is 4. The summed E-state index contributed by atoms with van der Waals surface area (Å²) in [6, 6.07) is 25.8. The summed E-state index contributed by atoms with van der Waals surface area (Å²) in [7, 11) is 0. The third-order valence-corrected chi connectivity index (χ3v) is 6.44. The van der Waals surface area contributed by atoms with Crippen molar-refractivity contribution >= 4 is 28.5 Å². The number of halogens is 1. The Labute approximate surface area is 204 Å². The van der Waals surface area contributed by atoms with Gasteiger partial charge >= 0.3 is 0 Å². The van der Waals surface area contributed by atoms with Crippen LogP contribution in [0.2, 0.25) is 5.02 Å². The van der Waals surface area contributed by atoms with Crippen molar-refractivity contribution < 1.29 is 9.53 Å². The number of piperazine rings is 1. The Morgan fingerprint density at radius 1 is 0.853 bits per heavy atom. The number of carbonyl (C=O) groups is 1. The number of carbonyl (C=O) groups excluding carboxylic acids is 1. The average Bonchev–Trinajstić information content (AvgIpc) is 3.21. The van der Waals surface area contributed by atoms with Crippen molar-refractivity contribution in [3.05, 3.63) is 95.3 Å². The molecule has 6 nitrogen and oxygen atoms in total. The minimum Gasteiger partial charge on any atom is -0.484 e. The number of ether oxygens (including phenoxy) is 1. The lowest BCUT2D eigenvalue weighted by Gasteiger charge is -2.34. The van der Waals surface area contributed by atoms with Crippen molar-refractivity contribution in [2.45, 2.75) is 13.1 Å². The SMILES string of the molecule is O=C(COc1ccc(Cl)cc1)N1CCN(Cc2nc3ccccc3n2Cc2ccccc2)CC1. The molecule has 1 saturated heterocycles. The van der Waals surface area contributed by atoms with Gasteiger partial charge in [0.2, 0.25) is 0 Å². The zero-order valence-electron chi connectivity index (χ0n) is 18.9. The van der Waals surface area contributed by atoms with Crippen molar-refractivity contribution in [2.24, 2.45) is 0 Å². The van der Waals surface area contributed by atoms with Crippen molar-refractivity contribution in [3.63, 3.8) is 0 Å². The van der Waals surface area contributed by atoms with E-state index in [9.17, 15) is 4.79 Å². The van der Waals surface area contributed by atoms with Crippen molar-refractivity contribution in [2.75, 3.05) is 32.8 Å². The summed E-state index contributed by atoms with van der Waals surface area (Å²) in [6.07, 6.45) is 0. The van der Waals surface area contributed by atoms with Crippen LogP contribution in [0.25, 0.3) is 11.0 Å². The molecule has 174 valence electrons. The molecule has 0 aliphatic carbocycles. The topological polar surface area (TPSA) is 50.6 Å². The molecule has 2 heterocycles. The van der Waals surface area contributed by atoms with Gasteiger partial charge in [0.05, 0.1) is 17.6 Å². The van der Waals surface area contributed by atoms with E-state index >= 15 is 0 Å². The molecule has 0 spiro atoms. The lowest BCUT2D eigenvalue weighted by atomic mass is 10.2. The van der Waals surface area contributed by atoms with E-state index in [1.54, 1.807) is 24.3 Å². The van der Waals surface area contributed by atoms with Crippen LogP contribution in [0.15, 0.2) is 78.9 Å². The highest BCUT2D eigenvalue weighted by Gasteiger charge is 2.23. The molecular formula is C27H27ClN4O2. The first kappa shape index (κ1) is 22.4. The molecule has 1 aliphatic rings. The first-order valence-corrected chi connectivity index (χ1v) is 11.9. The highest BCUT2D eigenvalue weighted by Crippen LogP contribution is 2.20. The molecular weight excluding hydrogens is 448 g/mol. The Balaban J connectivity index is 1.20. The fourth-order valence-corrected chi connectivity index (χ4v) is 4.44. The van der Waals surface area contributed by atoms with Gasteiger partial charge in [0.1, 0.15) is 11.6 Å². The predicted molar refractivity (Wildman–Crippen MR) is 134 cm³/mol. The van der Waals surface area contributed by atoms with Crippen molar-refractivity contribution in [3.8, 4) is 5.75 Å². The van der Waals surface area contributed by atoms with E-state index in [0.29, 0.717) is 23.9 Å². The van der Waals surface area contributed by atoms with E-state index in [4.69, 9.17) is 21.3 Å². The third-order valence-electron chi connectivity index (χ3n) is 6.18. The Morgan fingerprint density at radius 2 is 1.56 bits per heavy atom. The van der Waals surface area contributed by atoms with E-state index in [2.05, 4.69) is 51.9 Å². The summed E-state index contributed by atoms with van der Waals surface area (Å²) in [5.74, 6) is 1.70. The first-order chi connectivity index (χ1) is 16.7. The second-order valence-electron chi connectivity index (χ2n) is 8.49.